The molecular weight excluding hydrogens is 432 g/mol. The predicted molar refractivity (Wildman–Crippen MR) is 118 cm³/mol. The van der Waals surface area contributed by atoms with Crippen LogP contribution < -0.4 is 14.2 Å². The lowest BCUT2D eigenvalue weighted by molar-refractivity contribution is -0.129. The Kier molecular flexibility index (Phi) is 5.52. The number of benzene rings is 1. The molecule has 2 aromatic rings. The molecule has 1 N–H and O–H groups in total. The van der Waals surface area contributed by atoms with Crippen LogP contribution in [0.1, 0.15) is 34.1 Å². The number of aliphatic hydroxyl groups excluding tert-OH is 1. The number of nitrogens with zero attached hydrogens (tertiary/aromatic N) is 2. The highest BCUT2D eigenvalue weighted by Crippen LogP contribution is 2.47. The SMILES string of the molecule is COc1cc([C@H]2C(C(=O)c3cccs3)=C(O)C(=O)N2CCN2CCCC2)cc2c1OCO2. The molecule has 32 heavy (non-hydrogen) atoms. The van der Waals surface area contributed by atoms with Gasteiger partial charge in [-0.2, -0.15) is 0 Å². The van der Waals surface area contributed by atoms with Crippen molar-refractivity contribution in [1.82, 2.24) is 9.80 Å². The van der Waals surface area contributed by atoms with Gasteiger partial charge in [0.05, 0.1) is 23.6 Å². The Balaban J connectivity index is 1.56. The van der Waals surface area contributed by atoms with Gasteiger partial charge in [0, 0.05) is 13.1 Å². The standard InChI is InChI=1S/C23H24N2O6S/c1-29-15-11-14(12-16-22(15)31-13-30-16)19-18(20(26)17-5-4-10-32-17)21(27)23(28)25(19)9-8-24-6-2-3-7-24/h4-5,10-12,19,27H,2-3,6-9,13H2,1H3/t19-/m0/s1. The van der Waals surface area contributed by atoms with Gasteiger partial charge < -0.3 is 29.1 Å². The van der Waals surface area contributed by atoms with Crippen molar-refractivity contribution in [3.8, 4) is 17.2 Å². The highest BCUT2D eigenvalue weighted by molar-refractivity contribution is 7.12. The van der Waals surface area contributed by atoms with Crippen LogP contribution >= 0.6 is 11.3 Å². The van der Waals surface area contributed by atoms with Gasteiger partial charge in [-0.25, -0.2) is 0 Å². The van der Waals surface area contributed by atoms with Crippen LogP contribution in [-0.4, -0.2) is 66.7 Å². The number of fused-ring (bicyclic) bond motifs is 1. The molecule has 1 amide bonds. The fourth-order valence-electron chi connectivity index (χ4n) is 4.57. The Labute approximate surface area is 189 Å². The van der Waals surface area contributed by atoms with E-state index in [-0.39, 0.29) is 18.1 Å². The molecule has 1 saturated heterocycles. The van der Waals surface area contributed by atoms with Crippen molar-refractivity contribution in [3.05, 3.63) is 51.4 Å². The number of thiophene rings is 1. The first-order valence-electron chi connectivity index (χ1n) is 10.6. The Hall–Kier alpha value is -3.04. The maximum atomic E-state index is 13.4. The summed E-state index contributed by atoms with van der Waals surface area (Å²) in [5.41, 5.74) is 0.713. The first-order valence-corrected chi connectivity index (χ1v) is 11.5. The molecule has 0 aliphatic carbocycles. The highest BCUT2D eigenvalue weighted by Gasteiger charge is 2.44. The minimum Gasteiger partial charge on any atom is -0.503 e. The van der Waals surface area contributed by atoms with Crippen LogP contribution in [0.15, 0.2) is 41.0 Å². The number of carbonyl (C=O) groups is 2. The molecule has 0 radical (unpaired) electrons. The van der Waals surface area contributed by atoms with Crippen molar-refractivity contribution < 1.29 is 28.9 Å². The number of hydrogen-bond acceptors (Lipinski definition) is 8. The quantitative estimate of drug-likeness (QED) is 0.640. The first kappa shape index (κ1) is 20.8. The van der Waals surface area contributed by atoms with Gasteiger partial charge >= 0.3 is 0 Å². The smallest absolute Gasteiger partial charge is 0.290 e. The van der Waals surface area contributed by atoms with Crippen LogP contribution in [-0.2, 0) is 4.79 Å². The second kappa shape index (κ2) is 8.48. The van der Waals surface area contributed by atoms with Gasteiger partial charge in [-0.1, -0.05) is 6.07 Å². The second-order valence-electron chi connectivity index (χ2n) is 7.98. The number of rotatable bonds is 7. The molecule has 1 atom stereocenters. The number of methoxy groups -OCH3 is 1. The average Bonchev–Trinajstić information content (AvgIpc) is 3.60. The van der Waals surface area contributed by atoms with Gasteiger partial charge in [0.2, 0.25) is 18.3 Å². The van der Waals surface area contributed by atoms with Crippen molar-refractivity contribution in [2.75, 3.05) is 40.1 Å². The lowest BCUT2D eigenvalue weighted by Crippen LogP contribution is -2.37. The van der Waals surface area contributed by atoms with E-state index in [0.717, 1.165) is 25.9 Å². The summed E-state index contributed by atoms with van der Waals surface area (Å²) >= 11 is 1.28. The largest absolute Gasteiger partial charge is 0.503 e. The monoisotopic (exact) mass is 456 g/mol. The van der Waals surface area contributed by atoms with E-state index in [0.29, 0.717) is 40.8 Å². The van der Waals surface area contributed by atoms with E-state index < -0.39 is 17.7 Å². The van der Waals surface area contributed by atoms with Gasteiger partial charge in [0.25, 0.3) is 5.91 Å². The first-order chi connectivity index (χ1) is 15.6. The average molecular weight is 457 g/mol. The minimum atomic E-state index is -0.747. The molecule has 3 aliphatic rings. The van der Waals surface area contributed by atoms with Crippen molar-refractivity contribution in [2.45, 2.75) is 18.9 Å². The molecule has 0 spiro atoms. The summed E-state index contributed by atoms with van der Waals surface area (Å²) in [5, 5.41) is 12.6. The van der Waals surface area contributed by atoms with Gasteiger partial charge in [-0.05, 0) is 55.1 Å². The molecule has 3 aliphatic heterocycles. The van der Waals surface area contributed by atoms with E-state index in [2.05, 4.69) is 4.90 Å². The molecule has 9 heteroatoms. The number of aliphatic hydroxyl groups is 1. The summed E-state index contributed by atoms with van der Waals surface area (Å²) in [4.78, 5) is 30.8. The maximum Gasteiger partial charge on any atom is 0.290 e. The number of hydrogen-bond donors (Lipinski definition) is 1. The fourth-order valence-corrected chi connectivity index (χ4v) is 5.24. The molecule has 1 aromatic carbocycles. The number of Topliss-reactive ketones (excluding diaryl/α,β-unsaturated/α-hetero) is 1. The zero-order valence-corrected chi connectivity index (χ0v) is 18.5. The third kappa shape index (κ3) is 3.51. The molecule has 1 fully saturated rings. The third-order valence-corrected chi connectivity index (χ3v) is 7.01. The van der Waals surface area contributed by atoms with Crippen molar-refractivity contribution >= 4 is 23.0 Å². The Bertz CT molecular complexity index is 1070. The Morgan fingerprint density at radius 1 is 1.25 bits per heavy atom. The Morgan fingerprint density at radius 3 is 2.78 bits per heavy atom. The molecule has 8 nitrogen and oxygen atoms in total. The van der Waals surface area contributed by atoms with E-state index in [1.165, 1.54) is 18.4 Å². The zero-order valence-electron chi connectivity index (χ0n) is 17.7. The molecule has 0 bridgehead atoms. The van der Waals surface area contributed by atoms with E-state index >= 15 is 0 Å². The molecular formula is C23H24N2O6S. The van der Waals surface area contributed by atoms with Crippen LogP contribution in [0.3, 0.4) is 0 Å². The minimum absolute atomic E-state index is 0.0689. The molecule has 4 heterocycles. The van der Waals surface area contributed by atoms with Crippen LogP contribution in [0, 0.1) is 0 Å². The fraction of sp³-hybridized carbons (Fsp3) is 0.391. The Morgan fingerprint density at radius 2 is 2.06 bits per heavy atom. The summed E-state index contributed by atoms with van der Waals surface area (Å²) < 4.78 is 16.5. The lowest BCUT2D eigenvalue weighted by atomic mass is 9.94. The van der Waals surface area contributed by atoms with E-state index in [1.807, 2.05) is 0 Å². The summed E-state index contributed by atoms with van der Waals surface area (Å²) in [7, 11) is 1.52. The van der Waals surface area contributed by atoms with Gasteiger partial charge in [0.15, 0.2) is 17.3 Å². The van der Waals surface area contributed by atoms with Crippen molar-refractivity contribution in [2.24, 2.45) is 0 Å². The number of ether oxygens (including phenoxy) is 3. The number of amides is 1. The molecule has 0 saturated carbocycles. The maximum absolute atomic E-state index is 13.4. The summed E-state index contributed by atoms with van der Waals surface area (Å²) in [5.74, 6) is 0.0498. The van der Waals surface area contributed by atoms with Crippen LogP contribution in [0.2, 0.25) is 0 Å². The predicted octanol–water partition coefficient (Wildman–Crippen LogP) is 3.16. The highest BCUT2D eigenvalue weighted by atomic mass is 32.1. The normalized spacial score (nSPS) is 20.5. The topological polar surface area (TPSA) is 88.5 Å². The van der Waals surface area contributed by atoms with Crippen molar-refractivity contribution in [3.63, 3.8) is 0 Å². The zero-order chi connectivity index (χ0) is 22.2. The molecule has 5 rings (SSSR count). The summed E-state index contributed by atoms with van der Waals surface area (Å²) in [6.45, 7) is 3.12. The van der Waals surface area contributed by atoms with Crippen LogP contribution in [0.4, 0.5) is 0 Å². The molecule has 1 aromatic heterocycles. The van der Waals surface area contributed by atoms with E-state index in [4.69, 9.17) is 14.2 Å². The van der Waals surface area contributed by atoms with Gasteiger partial charge in [0.1, 0.15) is 0 Å². The van der Waals surface area contributed by atoms with Gasteiger partial charge in [-0.15, -0.1) is 11.3 Å². The van der Waals surface area contributed by atoms with Crippen LogP contribution in [0.5, 0.6) is 17.2 Å². The third-order valence-electron chi connectivity index (χ3n) is 6.15. The lowest BCUT2D eigenvalue weighted by Gasteiger charge is -2.29. The van der Waals surface area contributed by atoms with Crippen molar-refractivity contribution in [1.29, 1.82) is 0 Å². The number of carbonyl (C=O) groups excluding carboxylic acids is 2. The molecule has 168 valence electrons. The van der Waals surface area contributed by atoms with Crippen LogP contribution in [0.25, 0.3) is 0 Å². The number of ketones is 1. The molecule has 0 unspecified atom stereocenters. The summed E-state index contributed by atoms with van der Waals surface area (Å²) in [6.07, 6.45) is 2.28. The van der Waals surface area contributed by atoms with E-state index in [9.17, 15) is 14.7 Å². The van der Waals surface area contributed by atoms with Gasteiger partial charge in [-0.3, -0.25) is 9.59 Å². The second-order valence-corrected chi connectivity index (χ2v) is 8.92. The summed E-state index contributed by atoms with van der Waals surface area (Å²) in [6, 6.07) is 6.22. The van der Waals surface area contributed by atoms with E-state index in [1.54, 1.807) is 34.5 Å². The number of likely N-dealkylation sites (tertiary alicyclic amines) is 1.